The number of hydrogen-bond acceptors (Lipinski definition) is 5. The van der Waals surface area contributed by atoms with E-state index >= 15 is 0 Å². The molecule has 0 aliphatic heterocycles. The molecule has 0 saturated heterocycles. The summed E-state index contributed by atoms with van der Waals surface area (Å²) in [6, 6.07) is 5.77. The lowest BCUT2D eigenvalue weighted by atomic mass is 10.4. The SMILES string of the molecule is N#CCSc1nncn1Cc1ccco1. The molecule has 0 unspecified atom stereocenters. The van der Waals surface area contributed by atoms with Gasteiger partial charge in [0, 0.05) is 0 Å². The topological polar surface area (TPSA) is 67.6 Å². The Morgan fingerprint density at radius 2 is 2.53 bits per heavy atom. The molecule has 0 atom stereocenters. The van der Waals surface area contributed by atoms with Gasteiger partial charge in [-0.15, -0.1) is 10.2 Å². The zero-order valence-corrected chi connectivity index (χ0v) is 8.65. The molecule has 2 aromatic rings. The van der Waals surface area contributed by atoms with E-state index < -0.39 is 0 Å². The van der Waals surface area contributed by atoms with Crippen LogP contribution in [-0.4, -0.2) is 20.5 Å². The summed E-state index contributed by atoms with van der Waals surface area (Å²) in [6.07, 6.45) is 3.25. The summed E-state index contributed by atoms with van der Waals surface area (Å²) in [5.41, 5.74) is 0. The lowest BCUT2D eigenvalue weighted by molar-refractivity contribution is 0.484. The Morgan fingerprint density at radius 1 is 1.60 bits per heavy atom. The first-order valence-corrected chi connectivity index (χ1v) is 5.28. The number of nitrogens with zero attached hydrogens (tertiary/aromatic N) is 4. The molecule has 0 aliphatic carbocycles. The molecule has 6 heteroatoms. The van der Waals surface area contributed by atoms with Crippen LogP contribution < -0.4 is 0 Å². The highest BCUT2D eigenvalue weighted by Gasteiger charge is 2.06. The highest BCUT2D eigenvalue weighted by atomic mass is 32.2. The first kappa shape index (κ1) is 9.80. The van der Waals surface area contributed by atoms with Crippen LogP contribution >= 0.6 is 11.8 Å². The van der Waals surface area contributed by atoms with Crippen LogP contribution in [0.25, 0.3) is 0 Å². The fourth-order valence-electron chi connectivity index (χ4n) is 1.13. The molecule has 76 valence electrons. The van der Waals surface area contributed by atoms with E-state index in [1.807, 2.05) is 16.7 Å². The minimum absolute atomic E-state index is 0.372. The Bertz CT molecular complexity index is 457. The lowest BCUT2D eigenvalue weighted by Gasteiger charge is -2.01. The number of aromatic nitrogens is 3. The zero-order chi connectivity index (χ0) is 10.5. The third kappa shape index (κ3) is 2.39. The van der Waals surface area contributed by atoms with Crippen molar-refractivity contribution in [2.45, 2.75) is 11.7 Å². The van der Waals surface area contributed by atoms with Crippen molar-refractivity contribution >= 4 is 11.8 Å². The molecule has 2 rings (SSSR count). The molecule has 0 radical (unpaired) electrons. The molecule has 5 nitrogen and oxygen atoms in total. The van der Waals surface area contributed by atoms with Gasteiger partial charge in [0.05, 0.1) is 24.6 Å². The Labute approximate surface area is 90.7 Å². The van der Waals surface area contributed by atoms with Crippen molar-refractivity contribution in [3.05, 3.63) is 30.5 Å². The van der Waals surface area contributed by atoms with Gasteiger partial charge in [-0.05, 0) is 12.1 Å². The van der Waals surface area contributed by atoms with E-state index in [0.29, 0.717) is 12.3 Å². The van der Waals surface area contributed by atoms with E-state index in [9.17, 15) is 0 Å². The van der Waals surface area contributed by atoms with Gasteiger partial charge in [-0.2, -0.15) is 5.26 Å². The number of thioether (sulfide) groups is 1. The summed E-state index contributed by atoms with van der Waals surface area (Å²) in [5.74, 6) is 1.21. The summed E-state index contributed by atoms with van der Waals surface area (Å²) in [4.78, 5) is 0. The monoisotopic (exact) mass is 220 g/mol. The van der Waals surface area contributed by atoms with Gasteiger partial charge in [0.2, 0.25) is 0 Å². The zero-order valence-electron chi connectivity index (χ0n) is 7.83. The Hall–Kier alpha value is -1.74. The van der Waals surface area contributed by atoms with Gasteiger partial charge in [0.25, 0.3) is 0 Å². The predicted molar refractivity (Wildman–Crippen MR) is 54.2 cm³/mol. The largest absolute Gasteiger partial charge is 0.467 e. The molecule has 0 aromatic carbocycles. The third-order valence-corrected chi connectivity index (χ3v) is 2.60. The first-order valence-electron chi connectivity index (χ1n) is 4.30. The summed E-state index contributed by atoms with van der Waals surface area (Å²) < 4.78 is 7.06. The number of rotatable bonds is 4. The van der Waals surface area contributed by atoms with Gasteiger partial charge in [-0.25, -0.2) is 0 Å². The highest BCUT2D eigenvalue weighted by molar-refractivity contribution is 7.99. The quantitative estimate of drug-likeness (QED) is 0.731. The second kappa shape index (κ2) is 4.66. The van der Waals surface area contributed by atoms with Gasteiger partial charge >= 0.3 is 0 Å². The maximum atomic E-state index is 8.47. The van der Waals surface area contributed by atoms with Crippen molar-refractivity contribution in [3.63, 3.8) is 0 Å². The van der Waals surface area contributed by atoms with Gasteiger partial charge in [0.1, 0.15) is 12.1 Å². The van der Waals surface area contributed by atoms with E-state index in [2.05, 4.69) is 16.3 Å². The second-order valence-corrected chi connectivity index (χ2v) is 3.71. The molecule has 2 aromatic heterocycles. The fraction of sp³-hybridized carbons (Fsp3) is 0.222. The minimum Gasteiger partial charge on any atom is -0.467 e. The molecule has 2 heterocycles. The maximum Gasteiger partial charge on any atom is 0.192 e. The molecule has 0 N–H and O–H groups in total. The van der Waals surface area contributed by atoms with Gasteiger partial charge in [-0.3, -0.25) is 0 Å². The standard InChI is InChI=1S/C9H8N4OS/c10-3-5-15-9-12-11-7-13(9)6-8-2-1-4-14-8/h1-2,4,7H,5-6H2. The Morgan fingerprint density at radius 3 is 3.27 bits per heavy atom. The van der Waals surface area contributed by atoms with Crippen LogP contribution in [0.15, 0.2) is 34.3 Å². The van der Waals surface area contributed by atoms with Crippen molar-refractivity contribution in [2.24, 2.45) is 0 Å². The molecule has 0 amide bonds. The van der Waals surface area contributed by atoms with Crippen molar-refractivity contribution < 1.29 is 4.42 Å². The summed E-state index contributed by atoms with van der Waals surface area (Å²) in [6.45, 7) is 0.591. The molecule has 0 fully saturated rings. The summed E-state index contributed by atoms with van der Waals surface area (Å²) in [5, 5.41) is 16.9. The van der Waals surface area contributed by atoms with Gasteiger partial charge < -0.3 is 8.98 Å². The van der Waals surface area contributed by atoms with E-state index in [0.717, 1.165) is 10.9 Å². The lowest BCUT2D eigenvalue weighted by Crippen LogP contribution is -1.99. The number of hydrogen-bond donors (Lipinski definition) is 0. The van der Waals surface area contributed by atoms with Gasteiger partial charge in [-0.1, -0.05) is 11.8 Å². The first-order chi connectivity index (χ1) is 7.40. The van der Waals surface area contributed by atoms with Crippen LogP contribution in [-0.2, 0) is 6.54 Å². The molecule has 0 bridgehead atoms. The number of furan rings is 1. The van der Waals surface area contributed by atoms with E-state index in [1.165, 1.54) is 11.8 Å². The van der Waals surface area contributed by atoms with E-state index in [4.69, 9.17) is 9.68 Å². The van der Waals surface area contributed by atoms with Crippen molar-refractivity contribution in [3.8, 4) is 6.07 Å². The minimum atomic E-state index is 0.372. The molecule has 0 spiro atoms. The van der Waals surface area contributed by atoms with Crippen LogP contribution in [0.4, 0.5) is 0 Å². The predicted octanol–water partition coefficient (Wildman–Crippen LogP) is 1.54. The molecule has 0 aliphatic rings. The highest BCUT2D eigenvalue weighted by Crippen LogP contribution is 2.15. The van der Waals surface area contributed by atoms with E-state index in [1.54, 1.807) is 12.6 Å². The maximum absolute atomic E-state index is 8.47. The van der Waals surface area contributed by atoms with Crippen LogP contribution in [0.5, 0.6) is 0 Å². The van der Waals surface area contributed by atoms with Crippen LogP contribution in [0.2, 0.25) is 0 Å². The smallest absolute Gasteiger partial charge is 0.192 e. The number of nitriles is 1. The third-order valence-electron chi connectivity index (χ3n) is 1.75. The molecular weight excluding hydrogens is 212 g/mol. The normalized spacial score (nSPS) is 10.1. The van der Waals surface area contributed by atoms with E-state index in [-0.39, 0.29) is 0 Å². The van der Waals surface area contributed by atoms with Crippen molar-refractivity contribution in [2.75, 3.05) is 5.75 Å². The van der Waals surface area contributed by atoms with Crippen molar-refractivity contribution in [1.82, 2.24) is 14.8 Å². The molecular formula is C9H8N4OS. The molecule has 0 saturated carbocycles. The summed E-state index contributed by atoms with van der Waals surface area (Å²) in [7, 11) is 0. The average Bonchev–Trinajstić information content (AvgIpc) is 2.87. The average molecular weight is 220 g/mol. The Balaban J connectivity index is 2.08. The summed E-state index contributed by atoms with van der Waals surface area (Å²) >= 11 is 1.36. The Kier molecular flexibility index (Phi) is 3.05. The fourth-order valence-corrected chi connectivity index (χ4v) is 1.71. The second-order valence-electron chi connectivity index (χ2n) is 2.77. The van der Waals surface area contributed by atoms with Crippen LogP contribution in [0.1, 0.15) is 5.76 Å². The van der Waals surface area contributed by atoms with Crippen LogP contribution in [0.3, 0.4) is 0 Å². The van der Waals surface area contributed by atoms with Crippen LogP contribution in [0, 0.1) is 11.3 Å². The molecule has 15 heavy (non-hydrogen) atoms. The van der Waals surface area contributed by atoms with Crippen molar-refractivity contribution in [1.29, 1.82) is 5.26 Å². The van der Waals surface area contributed by atoms with Gasteiger partial charge in [0.15, 0.2) is 5.16 Å².